The van der Waals surface area contributed by atoms with Gasteiger partial charge in [-0.25, -0.2) is 4.98 Å². The highest BCUT2D eigenvalue weighted by molar-refractivity contribution is 5.21. The van der Waals surface area contributed by atoms with Crippen LogP contribution in [0.1, 0.15) is 30.8 Å². The molecule has 1 fully saturated rings. The third-order valence-electron chi connectivity index (χ3n) is 3.23. The summed E-state index contributed by atoms with van der Waals surface area (Å²) in [5.74, 6) is 3.99. The summed E-state index contributed by atoms with van der Waals surface area (Å²) in [6, 6.07) is 4.11. The Morgan fingerprint density at radius 2 is 2.38 bits per heavy atom. The molecule has 4 heteroatoms. The van der Waals surface area contributed by atoms with Crippen LogP contribution in [0.25, 0.3) is 0 Å². The van der Waals surface area contributed by atoms with Crippen molar-refractivity contribution in [2.24, 2.45) is 5.92 Å². The van der Waals surface area contributed by atoms with Crippen LogP contribution in [0.2, 0.25) is 0 Å². The fourth-order valence-electron chi connectivity index (χ4n) is 2.04. The van der Waals surface area contributed by atoms with Crippen molar-refractivity contribution in [2.75, 3.05) is 5.73 Å². The van der Waals surface area contributed by atoms with Gasteiger partial charge in [-0.05, 0) is 24.5 Å². The Hall–Kier alpha value is -1.71. The number of nitrogens with two attached hydrogens (primary N) is 1. The van der Waals surface area contributed by atoms with Crippen LogP contribution in [0.3, 0.4) is 0 Å². The Balaban J connectivity index is 1.76. The molecule has 2 heterocycles. The van der Waals surface area contributed by atoms with Crippen molar-refractivity contribution in [2.45, 2.75) is 25.8 Å². The Morgan fingerprint density at radius 1 is 1.56 bits per heavy atom. The summed E-state index contributed by atoms with van der Waals surface area (Å²) in [5, 5.41) is 0. The molecule has 2 atom stereocenters. The zero-order valence-electron chi connectivity index (χ0n) is 9.26. The van der Waals surface area contributed by atoms with E-state index >= 15 is 0 Å². The van der Waals surface area contributed by atoms with E-state index in [0.717, 1.165) is 17.4 Å². The number of hydrogen-bond donors (Lipinski definition) is 1. The van der Waals surface area contributed by atoms with Gasteiger partial charge >= 0.3 is 0 Å². The number of imidazole rings is 1. The fourth-order valence-corrected chi connectivity index (χ4v) is 2.04. The summed E-state index contributed by atoms with van der Waals surface area (Å²) in [5.41, 5.74) is 5.70. The van der Waals surface area contributed by atoms with Crippen LogP contribution in [0.4, 0.5) is 5.95 Å². The number of hydrogen-bond acceptors (Lipinski definition) is 3. The van der Waals surface area contributed by atoms with Crippen LogP contribution < -0.4 is 5.73 Å². The highest BCUT2D eigenvalue weighted by Gasteiger charge is 2.36. The summed E-state index contributed by atoms with van der Waals surface area (Å²) < 4.78 is 7.68. The Bertz CT molecular complexity index is 500. The number of nitrogen functional groups attached to an aromatic ring is 1. The lowest BCUT2D eigenvalue weighted by molar-refractivity contribution is 0.451. The van der Waals surface area contributed by atoms with Crippen molar-refractivity contribution in [3.8, 4) is 0 Å². The van der Waals surface area contributed by atoms with E-state index in [4.69, 9.17) is 10.2 Å². The molecule has 2 N–H and O–H groups in total. The third kappa shape index (κ3) is 1.60. The highest BCUT2D eigenvalue weighted by atomic mass is 16.3. The molecule has 16 heavy (non-hydrogen) atoms. The Morgan fingerprint density at radius 3 is 3.00 bits per heavy atom. The van der Waals surface area contributed by atoms with Gasteiger partial charge in [0, 0.05) is 18.3 Å². The second kappa shape index (κ2) is 3.40. The van der Waals surface area contributed by atoms with Gasteiger partial charge in [0.15, 0.2) is 0 Å². The first-order chi connectivity index (χ1) is 7.74. The first kappa shape index (κ1) is 9.51. The van der Waals surface area contributed by atoms with Gasteiger partial charge in [0.05, 0.1) is 6.54 Å². The van der Waals surface area contributed by atoms with Crippen molar-refractivity contribution >= 4 is 5.95 Å². The maximum Gasteiger partial charge on any atom is 0.200 e. The minimum Gasteiger partial charge on any atom is -0.464 e. The average molecular weight is 217 g/mol. The minimum absolute atomic E-state index is 0.526. The largest absolute Gasteiger partial charge is 0.464 e. The van der Waals surface area contributed by atoms with E-state index in [1.807, 2.05) is 16.8 Å². The van der Waals surface area contributed by atoms with Gasteiger partial charge in [-0.2, -0.15) is 0 Å². The second-order valence-corrected chi connectivity index (χ2v) is 4.54. The van der Waals surface area contributed by atoms with E-state index in [9.17, 15) is 0 Å². The van der Waals surface area contributed by atoms with Gasteiger partial charge in [-0.15, -0.1) is 0 Å². The standard InChI is InChI=1S/C12H15N3O/c1-8-6-10(8)11-3-2-9(16-11)7-15-5-4-14-12(15)13/h2-5,8,10H,6-7H2,1H3,(H2,13,14). The maximum atomic E-state index is 5.80. The summed E-state index contributed by atoms with van der Waals surface area (Å²) in [4.78, 5) is 3.98. The van der Waals surface area contributed by atoms with Crippen molar-refractivity contribution in [3.05, 3.63) is 36.0 Å². The average Bonchev–Trinajstić information content (AvgIpc) is 2.67. The molecule has 0 aromatic carbocycles. The van der Waals surface area contributed by atoms with Gasteiger partial charge in [0.2, 0.25) is 5.95 Å². The van der Waals surface area contributed by atoms with E-state index < -0.39 is 0 Å². The van der Waals surface area contributed by atoms with Crippen molar-refractivity contribution in [3.63, 3.8) is 0 Å². The van der Waals surface area contributed by atoms with Crippen molar-refractivity contribution < 1.29 is 4.42 Å². The summed E-state index contributed by atoms with van der Waals surface area (Å²) in [6.45, 7) is 2.91. The highest BCUT2D eigenvalue weighted by Crippen LogP contribution is 2.47. The quantitative estimate of drug-likeness (QED) is 0.857. The lowest BCUT2D eigenvalue weighted by Crippen LogP contribution is -2.02. The summed E-state index contributed by atoms with van der Waals surface area (Å²) in [6.07, 6.45) is 4.81. The smallest absolute Gasteiger partial charge is 0.200 e. The van der Waals surface area contributed by atoms with Gasteiger partial charge in [0.25, 0.3) is 0 Å². The van der Waals surface area contributed by atoms with Crippen LogP contribution in [-0.4, -0.2) is 9.55 Å². The lowest BCUT2D eigenvalue weighted by Gasteiger charge is -2.01. The zero-order valence-corrected chi connectivity index (χ0v) is 9.26. The van der Waals surface area contributed by atoms with Crippen LogP contribution >= 0.6 is 0 Å². The first-order valence-corrected chi connectivity index (χ1v) is 5.59. The van der Waals surface area contributed by atoms with E-state index in [0.29, 0.717) is 18.4 Å². The molecule has 2 aromatic rings. The molecule has 0 bridgehead atoms. The van der Waals surface area contributed by atoms with Gasteiger partial charge < -0.3 is 14.7 Å². The molecule has 1 aliphatic carbocycles. The molecule has 1 saturated carbocycles. The molecule has 4 nitrogen and oxygen atoms in total. The summed E-state index contributed by atoms with van der Waals surface area (Å²) in [7, 11) is 0. The van der Waals surface area contributed by atoms with E-state index in [1.165, 1.54) is 6.42 Å². The van der Waals surface area contributed by atoms with Crippen LogP contribution in [0.5, 0.6) is 0 Å². The molecule has 0 spiro atoms. The fraction of sp³-hybridized carbons (Fsp3) is 0.417. The van der Waals surface area contributed by atoms with Crippen molar-refractivity contribution in [1.82, 2.24) is 9.55 Å². The minimum atomic E-state index is 0.526. The molecule has 1 aliphatic rings. The number of nitrogens with zero attached hydrogens (tertiary/aromatic N) is 2. The molecular weight excluding hydrogens is 202 g/mol. The lowest BCUT2D eigenvalue weighted by atomic mass is 10.3. The number of furan rings is 1. The maximum absolute atomic E-state index is 5.80. The number of anilines is 1. The Kier molecular flexibility index (Phi) is 2.02. The van der Waals surface area contributed by atoms with Gasteiger partial charge in [-0.3, -0.25) is 0 Å². The number of rotatable bonds is 3. The molecule has 2 aromatic heterocycles. The van der Waals surface area contributed by atoms with Crippen LogP contribution in [0, 0.1) is 5.92 Å². The Labute approximate surface area is 94.1 Å². The molecule has 2 unspecified atom stereocenters. The number of aromatic nitrogens is 2. The third-order valence-corrected chi connectivity index (χ3v) is 3.23. The van der Waals surface area contributed by atoms with Crippen LogP contribution in [0.15, 0.2) is 28.9 Å². The predicted octanol–water partition coefficient (Wildman–Crippen LogP) is 2.23. The topological polar surface area (TPSA) is 57.0 Å². The van der Waals surface area contributed by atoms with Crippen LogP contribution in [-0.2, 0) is 6.54 Å². The molecular formula is C12H15N3O. The van der Waals surface area contributed by atoms with E-state index in [2.05, 4.69) is 18.0 Å². The van der Waals surface area contributed by atoms with Gasteiger partial charge in [0.1, 0.15) is 11.5 Å². The molecule has 84 valence electrons. The molecule has 3 rings (SSSR count). The SMILES string of the molecule is CC1CC1c1ccc(Cn2ccnc2N)o1. The molecule has 0 saturated heterocycles. The summed E-state index contributed by atoms with van der Waals surface area (Å²) >= 11 is 0. The van der Waals surface area contributed by atoms with Crippen molar-refractivity contribution in [1.29, 1.82) is 0 Å². The second-order valence-electron chi connectivity index (χ2n) is 4.54. The predicted molar refractivity (Wildman–Crippen MR) is 61.0 cm³/mol. The van der Waals surface area contributed by atoms with E-state index in [1.54, 1.807) is 6.20 Å². The normalized spacial score (nSPS) is 23.6. The molecule has 0 radical (unpaired) electrons. The first-order valence-electron chi connectivity index (χ1n) is 5.59. The van der Waals surface area contributed by atoms with E-state index in [-0.39, 0.29) is 0 Å². The monoisotopic (exact) mass is 217 g/mol. The molecule has 0 amide bonds. The van der Waals surface area contributed by atoms with Gasteiger partial charge in [-0.1, -0.05) is 6.92 Å². The molecule has 0 aliphatic heterocycles. The zero-order chi connectivity index (χ0) is 11.1.